The minimum Gasteiger partial charge on any atom is -0.488 e. The molecule has 31 heavy (non-hydrogen) atoms. The third kappa shape index (κ3) is 5.98. The second-order valence-corrected chi connectivity index (χ2v) is 9.57. The number of ether oxygens (including phenoxy) is 2. The summed E-state index contributed by atoms with van der Waals surface area (Å²) < 4.78 is 10.8. The summed E-state index contributed by atoms with van der Waals surface area (Å²) in [5.74, 6) is 1.74. The first kappa shape index (κ1) is 23.5. The molecule has 0 aromatic heterocycles. The molecule has 1 saturated carbocycles. The first-order valence-corrected chi connectivity index (χ1v) is 10.8. The van der Waals surface area contributed by atoms with Crippen LogP contribution in [0.3, 0.4) is 0 Å². The molecule has 0 bridgehead atoms. The fourth-order valence-corrected chi connectivity index (χ4v) is 5.26. The molecular formula is C25H34O6. The maximum absolute atomic E-state index is 9.03. The normalized spacial score (nSPS) is 20.1. The Labute approximate surface area is 184 Å². The summed E-state index contributed by atoms with van der Waals surface area (Å²) in [5.41, 5.74) is 2.39. The molecule has 6 nitrogen and oxygen atoms in total. The lowest BCUT2D eigenvalue weighted by atomic mass is 9.55. The van der Waals surface area contributed by atoms with Gasteiger partial charge in [0.05, 0.1) is 0 Å². The molecule has 0 spiro atoms. The van der Waals surface area contributed by atoms with Gasteiger partial charge in [0.2, 0.25) is 0 Å². The Hall–Kier alpha value is -2.12. The standard InChI is InChI=1S/C25H34O6/c1-17-12-24(2,3)16-25(13-17,18-4-8-20(9-5-18)30-14-22(26)27)19-6-10-21(11-7-19)31-15-23(28)29/h4-11,17,22-23,26-29H,12-16H2,1-3H3. The summed E-state index contributed by atoms with van der Waals surface area (Å²) in [7, 11) is 0. The van der Waals surface area contributed by atoms with Crippen LogP contribution in [0, 0.1) is 11.3 Å². The van der Waals surface area contributed by atoms with Crippen LogP contribution in [0.2, 0.25) is 0 Å². The Morgan fingerprint density at radius 1 is 0.774 bits per heavy atom. The summed E-state index contributed by atoms with van der Waals surface area (Å²) >= 11 is 0. The van der Waals surface area contributed by atoms with Gasteiger partial charge in [-0.3, -0.25) is 0 Å². The van der Waals surface area contributed by atoms with Gasteiger partial charge in [-0.2, -0.15) is 0 Å². The van der Waals surface area contributed by atoms with Gasteiger partial charge in [0.25, 0.3) is 0 Å². The minimum atomic E-state index is -1.50. The van der Waals surface area contributed by atoms with Crippen molar-refractivity contribution in [3.63, 3.8) is 0 Å². The monoisotopic (exact) mass is 430 g/mol. The highest BCUT2D eigenvalue weighted by Gasteiger charge is 2.45. The lowest BCUT2D eigenvalue weighted by molar-refractivity contribution is -0.0684. The van der Waals surface area contributed by atoms with Gasteiger partial charge in [-0.1, -0.05) is 45.0 Å². The summed E-state index contributed by atoms with van der Waals surface area (Å²) in [4.78, 5) is 0. The van der Waals surface area contributed by atoms with E-state index in [0.29, 0.717) is 17.4 Å². The first-order chi connectivity index (χ1) is 14.6. The van der Waals surface area contributed by atoms with Crippen molar-refractivity contribution in [1.82, 2.24) is 0 Å². The molecule has 0 amide bonds. The Morgan fingerprint density at radius 2 is 1.19 bits per heavy atom. The van der Waals surface area contributed by atoms with E-state index >= 15 is 0 Å². The molecule has 0 heterocycles. The van der Waals surface area contributed by atoms with Gasteiger partial charge >= 0.3 is 0 Å². The van der Waals surface area contributed by atoms with Gasteiger partial charge in [0.15, 0.2) is 12.6 Å². The highest BCUT2D eigenvalue weighted by atomic mass is 16.5. The summed E-state index contributed by atoms with van der Waals surface area (Å²) in [6, 6.07) is 15.8. The molecule has 1 atom stereocenters. The van der Waals surface area contributed by atoms with Crippen molar-refractivity contribution in [3.05, 3.63) is 59.7 Å². The average molecular weight is 431 g/mol. The molecule has 6 heteroatoms. The summed E-state index contributed by atoms with van der Waals surface area (Å²) in [6.07, 6.45) is 0.175. The van der Waals surface area contributed by atoms with Gasteiger partial charge in [-0.05, 0) is 66.0 Å². The molecular weight excluding hydrogens is 396 g/mol. The number of rotatable bonds is 8. The number of aliphatic hydroxyl groups excluding tert-OH is 2. The molecule has 170 valence electrons. The fraction of sp³-hybridized carbons (Fsp3) is 0.520. The van der Waals surface area contributed by atoms with Gasteiger partial charge < -0.3 is 29.9 Å². The van der Waals surface area contributed by atoms with Crippen LogP contribution >= 0.6 is 0 Å². The van der Waals surface area contributed by atoms with Crippen molar-refractivity contribution in [1.29, 1.82) is 0 Å². The Morgan fingerprint density at radius 3 is 1.55 bits per heavy atom. The SMILES string of the molecule is CC1CC(C)(C)CC(c2ccc(OCC(O)O)cc2)(c2ccc(OCC(O)O)cc2)C1. The van der Waals surface area contributed by atoms with Crippen molar-refractivity contribution >= 4 is 0 Å². The molecule has 1 aliphatic rings. The molecule has 1 unspecified atom stereocenters. The Kier molecular flexibility index (Phi) is 7.27. The van der Waals surface area contributed by atoms with Crippen LogP contribution in [0.25, 0.3) is 0 Å². The van der Waals surface area contributed by atoms with Gasteiger partial charge in [0, 0.05) is 5.41 Å². The topological polar surface area (TPSA) is 99.4 Å². The second-order valence-electron chi connectivity index (χ2n) is 9.57. The molecule has 4 N–H and O–H groups in total. The largest absolute Gasteiger partial charge is 0.488 e. The van der Waals surface area contributed by atoms with Crippen LogP contribution in [0.1, 0.15) is 51.2 Å². The lowest BCUT2D eigenvalue weighted by Gasteiger charge is -2.48. The van der Waals surface area contributed by atoms with Crippen LogP contribution in [0.15, 0.2) is 48.5 Å². The van der Waals surface area contributed by atoms with Gasteiger partial charge in [0.1, 0.15) is 24.7 Å². The zero-order valence-electron chi connectivity index (χ0n) is 18.5. The van der Waals surface area contributed by atoms with E-state index in [-0.39, 0.29) is 24.0 Å². The molecule has 0 radical (unpaired) electrons. The third-order valence-corrected chi connectivity index (χ3v) is 5.99. The second kappa shape index (κ2) is 9.57. The van der Waals surface area contributed by atoms with Crippen LogP contribution in [0.4, 0.5) is 0 Å². The number of aliphatic hydroxyl groups is 4. The van der Waals surface area contributed by atoms with Crippen LogP contribution < -0.4 is 9.47 Å². The van der Waals surface area contributed by atoms with Gasteiger partial charge in [-0.25, -0.2) is 0 Å². The van der Waals surface area contributed by atoms with Crippen LogP contribution in [0.5, 0.6) is 11.5 Å². The first-order valence-electron chi connectivity index (χ1n) is 10.8. The van der Waals surface area contributed by atoms with E-state index in [1.165, 1.54) is 17.5 Å². The molecule has 3 rings (SSSR count). The van der Waals surface area contributed by atoms with Gasteiger partial charge in [-0.15, -0.1) is 0 Å². The number of hydrogen-bond acceptors (Lipinski definition) is 6. The maximum Gasteiger partial charge on any atom is 0.186 e. The highest BCUT2D eigenvalue weighted by Crippen LogP contribution is 2.53. The number of benzene rings is 2. The van der Waals surface area contributed by atoms with Crippen LogP contribution in [-0.2, 0) is 5.41 Å². The smallest absolute Gasteiger partial charge is 0.186 e. The predicted molar refractivity (Wildman–Crippen MR) is 118 cm³/mol. The summed E-state index contributed by atoms with van der Waals surface area (Å²) in [6.45, 7) is 6.60. The fourth-order valence-electron chi connectivity index (χ4n) is 5.26. The number of hydrogen-bond donors (Lipinski definition) is 4. The van der Waals surface area contributed by atoms with Crippen molar-refractivity contribution in [2.45, 2.75) is 58.0 Å². The zero-order chi connectivity index (χ0) is 22.6. The zero-order valence-corrected chi connectivity index (χ0v) is 18.5. The Balaban J connectivity index is 1.95. The van der Waals surface area contributed by atoms with E-state index in [4.69, 9.17) is 29.9 Å². The van der Waals surface area contributed by atoms with Crippen molar-refractivity contribution < 1.29 is 29.9 Å². The molecule has 1 fully saturated rings. The van der Waals surface area contributed by atoms with E-state index in [0.717, 1.165) is 12.8 Å². The molecule has 0 saturated heterocycles. The average Bonchev–Trinajstić information content (AvgIpc) is 2.70. The van der Waals surface area contributed by atoms with E-state index in [9.17, 15) is 0 Å². The quantitative estimate of drug-likeness (QED) is 0.480. The molecule has 0 aliphatic heterocycles. The predicted octanol–water partition coefficient (Wildman–Crippen LogP) is 3.20. The molecule has 2 aromatic rings. The van der Waals surface area contributed by atoms with E-state index in [1.807, 2.05) is 24.3 Å². The lowest BCUT2D eigenvalue weighted by Crippen LogP contribution is -2.41. The maximum atomic E-state index is 9.03. The molecule has 2 aromatic carbocycles. The van der Waals surface area contributed by atoms with E-state index in [1.54, 1.807) is 0 Å². The molecule has 1 aliphatic carbocycles. The Bertz CT molecular complexity index is 771. The van der Waals surface area contributed by atoms with Crippen LogP contribution in [-0.4, -0.2) is 46.2 Å². The van der Waals surface area contributed by atoms with E-state index < -0.39 is 12.6 Å². The van der Waals surface area contributed by atoms with Crippen molar-refractivity contribution in [3.8, 4) is 11.5 Å². The highest BCUT2D eigenvalue weighted by molar-refractivity contribution is 5.44. The van der Waals surface area contributed by atoms with Crippen molar-refractivity contribution in [2.75, 3.05) is 13.2 Å². The third-order valence-electron chi connectivity index (χ3n) is 5.99. The van der Waals surface area contributed by atoms with Crippen molar-refractivity contribution in [2.24, 2.45) is 11.3 Å². The summed E-state index contributed by atoms with van der Waals surface area (Å²) in [5, 5.41) is 36.1. The minimum absolute atomic E-state index is 0.168. The van der Waals surface area contributed by atoms with E-state index in [2.05, 4.69) is 45.0 Å².